The van der Waals surface area contributed by atoms with Gasteiger partial charge < -0.3 is 16.4 Å². The fourth-order valence-corrected chi connectivity index (χ4v) is 2.08. The van der Waals surface area contributed by atoms with Crippen LogP contribution in [-0.2, 0) is 0 Å². The van der Waals surface area contributed by atoms with Crippen LogP contribution in [0.25, 0.3) is 0 Å². The number of nitrogen functional groups attached to an aromatic ring is 1. The SMILES string of the molecule is C=CCNC(=O)c1sc(NC2CC2)nc1N. The summed E-state index contributed by atoms with van der Waals surface area (Å²) in [5.74, 6) is 0.0912. The number of carbonyl (C=O) groups is 1. The van der Waals surface area contributed by atoms with Crippen LogP contribution in [0, 0.1) is 0 Å². The summed E-state index contributed by atoms with van der Waals surface area (Å²) in [6.45, 7) is 3.96. The van der Waals surface area contributed by atoms with E-state index in [-0.39, 0.29) is 11.7 Å². The van der Waals surface area contributed by atoms with Crippen LogP contribution in [0.15, 0.2) is 12.7 Å². The molecule has 0 aliphatic heterocycles. The number of nitrogens with one attached hydrogen (secondary N) is 2. The molecule has 1 aliphatic rings. The van der Waals surface area contributed by atoms with E-state index in [9.17, 15) is 4.79 Å². The molecule has 4 N–H and O–H groups in total. The van der Waals surface area contributed by atoms with Gasteiger partial charge in [0, 0.05) is 12.6 Å². The molecule has 0 saturated heterocycles. The van der Waals surface area contributed by atoms with Gasteiger partial charge >= 0.3 is 0 Å². The zero-order chi connectivity index (χ0) is 11.5. The Morgan fingerprint density at radius 2 is 2.44 bits per heavy atom. The zero-order valence-electron chi connectivity index (χ0n) is 8.82. The van der Waals surface area contributed by atoms with Crippen molar-refractivity contribution in [2.75, 3.05) is 17.6 Å². The first-order valence-electron chi connectivity index (χ1n) is 5.12. The number of nitrogens with zero attached hydrogens (tertiary/aromatic N) is 1. The van der Waals surface area contributed by atoms with E-state index in [1.54, 1.807) is 6.08 Å². The Morgan fingerprint density at radius 3 is 3.06 bits per heavy atom. The Labute approximate surface area is 97.8 Å². The standard InChI is InChI=1S/C10H14N4OS/c1-2-5-12-9(15)7-8(11)14-10(16-7)13-6-3-4-6/h2,6H,1,3-5,11H2,(H,12,15)(H,13,14). The number of aromatic nitrogens is 1. The van der Waals surface area contributed by atoms with Crippen LogP contribution >= 0.6 is 11.3 Å². The number of thiazole rings is 1. The largest absolute Gasteiger partial charge is 0.382 e. The molecule has 1 aromatic rings. The minimum absolute atomic E-state index is 0.196. The van der Waals surface area contributed by atoms with Gasteiger partial charge in [-0.3, -0.25) is 4.79 Å². The lowest BCUT2D eigenvalue weighted by Crippen LogP contribution is -2.23. The number of nitrogens with two attached hydrogens (primary N) is 1. The maximum Gasteiger partial charge on any atom is 0.265 e. The van der Waals surface area contributed by atoms with Crippen molar-refractivity contribution in [3.63, 3.8) is 0 Å². The molecular formula is C10H14N4OS. The second-order valence-electron chi connectivity index (χ2n) is 3.65. The molecule has 1 amide bonds. The Bertz CT molecular complexity index is 411. The number of hydrogen-bond acceptors (Lipinski definition) is 5. The molecule has 1 saturated carbocycles. The lowest BCUT2D eigenvalue weighted by Gasteiger charge is -1.98. The molecule has 5 nitrogen and oxygen atoms in total. The maximum absolute atomic E-state index is 11.6. The van der Waals surface area contributed by atoms with Gasteiger partial charge in [-0.05, 0) is 12.8 Å². The van der Waals surface area contributed by atoms with Crippen molar-refractivity contribution in [2.45, 2.75) is 18.9 Å². The van der Waals surface area contributed by atoms with Gasteiger partial charge in [0.1, 0.15) is 10.7 Å². The zero-order valence-corrected chi connectivity index (χ0v) is 9.64. The van der Waals surface area contributed by atoms with Crippen molar-refractivity contribution in [2.24, 2.45) is 0 Å². The van der Waals surface area contributed by atoms with Crippen LogP contribution < -0.4 is 16.4 Å². The summed E-state index contributed by atoms with van der Waals surface area (Å²) in [4.78, 5) is 16.2. The lowest BCUT2D eigenvalue weighted by molar-refractivity contribution is 0.0962. The van der Waals surface area contributed by atoms with E-state index in [4.69, 9.17) is 5.73 Å². The number of carbonyl (C=O) groups excluding carboxylic acids is 1. The van der Waals surface area contributed by atoms with Gasteiger partial charge in [0.05, 0.1) is 0 Å². The fraction of sp³-hybridized carbons (Fsp3) is 0.400. The molecule has 1 fully saturated rings. The highest BCUT2D eigenvalue weighted by atomic mass is 32.1. The molecule has 0 atom stereocenters. The molecule has 6 heteroatoms. The smallest absolute Gasteiger partial charge is 0.265 e. The molecule has 1 heterocycles. The normalized spacial score (nSPS) is 14.5. The van der Waals surface area contributed by atoms with Crippen molar-refractivity contribution in [3.8, 4) is 0 Å². The maximum atomic E-state index is 11.6. The number of anilines is 2. The van der Waals surface area contributed by atoms with Crippen molar-refractivity contribution in [1.82, 2.24) is 10.3 Å². The molecule has 86 valence electrons. The quantitative estimate of drug-likeness (QED) is 0.674. The summed E-state index contributed by atoms with van der Waals surface area (Å²) in [6.07, 6.45) is 3.95. The van der Waals surface area contributed by atoms with E-state index < -0.39 is 0 Å². The first kappa shape index (κ1) is 10.9. The molecule has 2 rings (SSSR count). The molecule has 1 aliphatic carbocycles. The first-order chi connectivity index (χ1) is 7.70. The van der Waals surface area contributed by atoms with E-state index in [1.807, 2.05) is 0 Å². The third kappa shape index (κ3) is 2.52. The fourth-order valence-electron chi connectivity index (χ4n) is 1.20. The number of hydrogen-bond donors (Lipinski definition) is 3. The average Bonchev–Trinajstić information content (AvgIpc) is 2.98. The van der Waals surface area contributed by atoms with Crippen molar-refractivity contribution in [3.05, 3.63) is 17.5 Å². The summed E-state index contributed by atoms with van der Waals surface area (Å²) < 4.78 is 0. The predicted octanol–water partition coefficient (Wildman–Crippen LogP) is 1.22. The second-order valence-corrected chi connectivity index (χ2v) is 4.65. The Balaban J connectivity index is 2.04. The highest BCUT2D eigenvalue weighted by Gasteiger charge is 2.23. The molecule has 1 aromatic heterocycles. The van der Waals surface area contributed by atoms with Gasteiger partial charge in [0.15, 0.2) is 5.13 Å². The highest BCUT2D eigenvalue weighted by molar-refractivity contribution is 7.18. The molecule has 16 heavy (non-hydrogen) atoms. The van der Waals surface area contributed by atoms with Gasteiger partial charge in [-0.25, -0.2) is 4.98 Å². The van der Waals surface area contributed by atoms with Crippen LogP contribution in [-0.4, -0.2) is 23.5 Å². The summed E-state index contributed by atoms with van der Waals surface area (Å²) in [6, 6.07) is 0.509. The van der Waals surface area contributed by atoms with E-state index in [1.165, 1.54) is 11.3 Å². The minimum atomic E-state index is -0.196. The highest BCUT2D eigenvalue weighted by Crippen LogP contribution is 2.30. The van der Waals surface area contributed by atoms with Crippen LogP contribution in [0.1, 0.15) is 22.5 Å². The van der Waals surface area contributed by atoms with E-state index in [0.29, 0.717) is 17.5 Å². The third-order valence-electron chi connectivity index (χ3n) is 2.17. The summed E-state index contributed by atoms with van der Waals surface area (Å²) in [5.41, 5.74) is 5.68. The molecule has 0 aromatic carbocycles. The van der Waals surface area contributed by atoms with Crippen LogP contribution in [0.4, 0.5) is 10.9 Å². The van der Waals surface area contributed by atoms with E-state index in [2.05, 4.69) is 22.2 Å². The van der Waals surface area contributed by atoms with Crippen molar-refractivity contribution in [1.29, 1.82) is 0 Å². The minimum Gasteiger partial charge on any atom is -0.382 e. The van der Waals surface area contributed by atoms with Gasteiger partial charge in [-0.2, -0.15) is 0 Å². The van der Waals surface area contributed by atoms with Crippen LogP contribution in [0.5, 0.6) is 0 Å². The van der Waals surface area contributed by atoms with Gasteiger partial charge in [-0.1, -0.05) is 17.4 Å². The third-order valence-corrected chi connectivity index (χ3v) is 3.17. The average molecular weight is 238 g/mol. The monoisotopic (exact) mass is 238 g/mol. The predicted molar refractivity (Wildman–Crippen MR) is 65.7 cm³/mol. The first-order valence-corrected chi connectivity index (χ1v) is 5.94. The van der Waals surface area contributed by atoms with E-state index in [0.717, 1.165) is 18.0 Å². The molecule has 0 radical (unpaired) electrons. The summed E-state index contributed by atoms with van der Waals surface area (Å²) in [7, 11) is 0. The topological polar surface area (TPSA) is 80.0 Å². The lowest BCUT2D eigenvalue weighted by atomic mass is 10.4. The Hall–Kier alpha value is -1.56. The van der Waals surface area contributed by atoms with Gasteiger partial charge in [0.25, 0.3) is 5.91 Å². The Morgan fingerprint density at radius 1 is 1.69 bits per heavy atom. The summed E-state index contributed by atoms with van der Waals surface area (Å²) >= 11 is 1.29. The van der Waals surface area contributed by atoms with Gasteiger partial charge in [-0.15, -0.1) is 6.58 Å². The van der Waals surface area contributed by atoms with Crippen molar-refractivity contribution < 1.29 is 4.79 Å². The second kappa shape index (κ2) is 4.52. The van der Waals surface area contributed by atoms with Crippen LogP contribution in [0.2, 0.25) is 0 Å². The molecular weight excluding hydrogens is 224 g/mol. The van der Waals surface area contributed by atoms with Crippen molar-refractivity contribution >= 4 is 28.2 Å². The van der Waals surface area contributed by atoms with Crippen LogP contribution in [0.3, 0.4) is 0 Å². The summed E-state index contributed by atoms with van der Waals surface area (Å²) in [5, 5.41) is 6.62. The number of amides is 1. The Kier molecular flexibility index (Phi) is 3.09. The van der Waals surface area contributed by atoms with Gasteiger partial charge in [0.2, 0.25) is 0 Å². The molecule has 0 bridgehead atoms. The number of rotatable bonds is 5. The molecule has 0 spiro atoms. The van der Waals surface area contributed by atoms with E-state index >= 15 is 0 Å². The molecule has 0 unspecified atom stereocenters.